The summed E-state index contributed by atoms with van der Waals surface area (Å²) in [5.74, 6) is 0.546. The van der Waals surface area contributed by atoms with E-state index in [1.165, 1.54) is 44.9 Å². The summed E-state index contributed by atoms with van der Waals surface area (Å²) in [5, 5.41) is 13.4. The van der Waals surface area contributed by atoms with Gasteiger partial charge >= 0.3 is 0 Å². The van der Waals surface area contributed by atoms with Crippen LogP contribution in [0.5, 0.6) is 0 Å². The highest BCUT2D eigenvalue weighted by Gasteiger charge is 2.45. The SMILES string of the molecule is CCC(CC)N(C)CCC1CCCC1(C#N)NC1CC1. The lowest BCUT2D eigenvalue weighted by Gasteiger charge is -2.33. The molecule has 2 unspecified atom stereocenters. The normalized spacial score (nSPS) is 30.1. The minimum absolute atomic E-state index is 0.212. The summed E-state index contributed by atoms with van der Waals surface area (Å²) in [6.07, 6.45) is 9.65. The van der Waals surface area contributed by atoms with Crippen LogP contribution < -0.4 is 5.32 Å². The first kappa shape index (κ1) is 15.8. The van der Waals surface area contributed by atoms with E-state index in [2.05, 4.69) is 37.2 Å². The molecule has 0 aromatic carbocycles. The van der Waals surface area contributed by atoms with E-state index < -0.39 is 0 Å². The van der Waals surface area contributed by atoms with Gasteiger partial charge in [-0.15, -0.1) is 0 Å². The van der Waals surface area contributed by atoms with Crippen LogP contribution in [0.1, 0.15) is 65.2 Å². The summed E-state index contributed by atoms with van der Waals surface area (Å²) < 4.78 is 0. The Balaban J connectivity index is 1.88. The molecule has 2 rings (SSSR count). The molecule has 20 heavy (non-hydrogen) atoms. The second-order valence-electron chi connectivity index (χ2n) is 6.83. The van der Waals surface area contributed by atoms with Crippen molar-refractivity contribution < 1.29 is 0 Å². The average molecular weight is 277 g/mol. The van der Waals surface area contributed by atoms with Crippen molar-refractivity contribution in [1.82, 2.24) is 10.2 Å². The van der Waals surface area contributed by atoms with Crippen molar-refractivity contribution in [1.29, 1.82) is 5.26 Å². The fourth-order valence-corrected chi connectivity index (χ4v) is 3.88. The summed E-state index contributed by atoms with van der Waals surface area (Å²) >= 11 is 0. The molecule has 0 radical (unpaired) electrons. The van der Waals surface area contributed by atoms with E-state index in [0.717, 1.165) is 13.0 Å². The molecule has 0 saturated heterocycles. The first-order valence-electron chi connectivity index (χ1n) is 8.54. The first-order valence-corrected chi connectivity index (χ1v) is 8.54. The summed E-state index contributed by atoms with van der Waals surface area (Å²) in [7, 11) is 2.25. The van der Waals surface area contributed by atoms with Gasteiger partial charge in [-0.05, 0) is 64.5 Å². The molecule has 1 N–H and O–H groups in total. The number of rotatable bonds is 8. The van der Waals surface area contributed by atoms with Gasteiger partial charge in [0.2, 0.25) is 0 Å². The van der Waals surface area contributed by atoms with Crippen LogP contribution in [0.4, 0.5) is 0 Å². The van der Waals surface area contributed by atoms with Gasteiger partial charge in [0.25, 0.3) is 0 Å². The van der Waals surface area contributed by atoms with Crippen molar-refractivity contribution >= 4 is 0 Å². The van der Waals surface area contributed by atoms with Crippen LogP contribution in [-0.2, 0) is 0 Å². The third-order valence-corrected chi connectivity index (χ3v) is 5.46. The quantitative estimate of drug-likeness (QED) is 0.740. The lowest BCUT2D eigenvalue weighted by molar-refractivity contribution is 0.195. The topological polar surface area (TPSA) is 39.1 Å². The molecule has 3 nitrogen and oxygen atoms in total. The minimum atomic E-state index is -0.212. The van der Waals surface area contributed by atoms with Crippen molar-refractivity contribution in [3.8, 4) is 6.07 Å². The number of nitrogens with one attached hydrogen (secondary N) is 1. The van der Waals surface area contributed by atoms with Crippen molar-refractivity contribution in [2.24, 2.45) is 5.92 Å². The molecule has 114 valence electrons. The van der Waals surface area contributed by atoms with E-state index in [1.54, 1.807) is 0 Å². The maximum Gasteiger partial charge on any atom is 0.109 e. The Morgan fingerprint density at radius 1 is 1.30 bits per heavy atom. The predicted molar refractivity (Wildman–Crippen MR) is 83.5 cm³/mol. The second kappa shape index (κ2) is 6.91. The monoisotopic (exact) mass is 277 g/mol. The van der Waals surface area contributed by atoms with Crippen LogP contribution in [0.3, 0.4) is 0 Å². The van der Waals surface area contributed by atoms with Gasteiger partial charge in [-0.3, -0.25) is 5.32 Å². The number of hydrogen-bond donors (Lipinski definition) is 1. The number of nitrogens with zero attached hydrogens (tertiary/aromatic N) is 2. The highest BCUT2D eigenvalue weighted by molar-refractivity contribution is 5.16. The standard InChI is InChI=1S/C17H31N3/c1-4-16(5-2)20(3)12-10-14-7-6-11-17(14,13-18)19-15-8-9-15/h14-16,19H,4-12H2,1-3H3. The van der Waals surface area contributed by atoms with Crippen LogP contribution in [0, 0.1) is 17.2 Å². The van der Waals surface area contributed by atoms with Gasteiger partial charge < -0.3 is 4.90 Å². The molecular weight excluding hydrogens is 246 g/mol. The van der Waals surface area contributed by atoms with Gasteiger partial charge in [-0.2, -0.15) is 5.26 Å². The van der Waals surface area contributed by atoms with Crippen molar-refractivity contribution in [3.63, 3.8) is 0 Å². The molecule has 2 aliphatic carbocycles. The molecule has 0 bridgehead atoms. The lowest BCUT2D eigenvalue weighted by atomic mass is 9.85. The maximum atomic E-state index is 9.70. The molecule has 0 aliphatic heterocycles. The summed E-state index contributed by atoms with van der Waals surface area (Å²) in [5.41, 5.74) is -0.212. The highest BCUT2D eigenvalue weighted by Crippen LogP contribution is 2.40. The first-order chi connectivity index (χ1) is 9.65. The van der Waals surface area contributed by atoms with E-state index in [0.29, 0.717) is 18.0 Å². The van der Waals surface area contributed by atoms with Crippen LogP contribution in [-0.4, -0.2) is 36.1 Å². The molecule has 0 aromatic heterocycles. The van der Waals surface area contributed by atoms with Gasteiger partial charge in [-0.1, -0.05) is 20.3 Å². The molecule has 2 fully saturated rings. The van der Waals surface area contributed by atoms with Crippen LogP contribution >= 0.6 is 0 Å². The zero-order valence-corrected chi connectivity index (χ0v) is 13.5. The van der Waals surface area contributed by atoms with Gasteiger partial charge in [0.05, 0.1) is 6.07 Å². The zero-order valence-electron chi connectivity index (χ0n) is 13.5. The highest BCUT2D eigenvalue weighted by atomic mass is 15.1. The molecule has 2 atom stereocenters. The Bertz CT molecular complexity index is 341. The Morgan fingerprint density at radius 3 is 2.55 bits per heavy atom. The third kappa shape index (κ3) is 3.54. The molecule has 0 spiro atoms. The molecule has 0 aromatic rings. The van der Waals surface area contributed by atoms with E-state index >= 15 is 0 Å². The Labute approximate surface area is 124 Å². The van der Waals surface area contributed by atoms with Gasteiger partial charge in [0, 0.05) is 12.1 Å². The van der Waals surface area contributed by atoms with Crippen molar-refractivity contribution in [2.45, 2.75) is 82.8 Å². The largest absolute Gasteiger partial charge is 0.303 e. The van der Waals surface area contributed by atoms with E-state index in [9.17, 15) is 5.26 Å². The number of hydrogen-bond acceptors (Lipinski definition) is 3. The number of nitriles is 1. The smallest absolute Gasteiger partial charge is 0.109 e. The van der Waals surface area contributed by atoms with Gasteiger partial charge in [0.15, 0.2) is 0 Å². The van der Waals surface area contributed by atoms with E-state index in [1.807, 2.05) is 0 Å². The van der Waals surface area contributed by atoms with Crippen LogP contribution in [0.2, 0.25) is 0 Å². The average Bonchev–Trinajstić information content (AvgIpc) is 3.17. The van der Waals surface area contributed by atoms with E-state index in [4.69, 9.17) is 0 Å². The summed E-state index contributed by atoms with van der Waals surface area (Å²) in [6, 6.07) is 3.98. The predicted octanol–water partition coefficient (Wildman–Crippen LogP) is 3.31. The third-order valence-electron chi connectivity index (χ3n) is 5.46. The molecule has 0 heterocycles. The fourth-order valence-electron chi connectivity index (χ4n) is 3.88. The molecule has 2 saturated carbocycles. The molecule has 0 amide bonds. The molecule has 3 heteroatoms. The lowest BCUT2D eigenvalue weighted by Crippen LogP contribution is -2.49. The fraction of sp³-hybridized carbons (Fsp3) is 0.941. The Morgan fingerprint density at radius 2 is 2.00 bits per heavy atom. The van der Waals surface area contributed by atoms with Gasteiger partial charge in [-0.25, -0.2) is 0 Å². The minimum Gasteiger partial charge on any atom is -0.303 e. The molecule has 2 aliphatic rings. The van der Waals surface area contributed by atoms with Gasteiger partial charge in [0.1, 0.15) is 5.54 Å². The van der Waals surface area contributed by atoms with Crippen LogP contribution in [0.15, 0.2) is 0 Å². The van der Waals surface area contributed by atoms with Crippen molar-refractivity contribution in [2.75, 3.05) is 13.6 Å². The van der Waals surface area contributed by atoms with Crippen molar-refractivity contribution in [3.05, 3.63) is 0 Å². The zero-order chi connectivity index (χ0) is 14.6. The Hall–Kier alpha value is -0.590. The maximum absolute atomic E-state index is 9.70. The summed E-state index contributed by atoms with van der Waals surface area (Å²) in [6.45, 7) is 5.68. The summed E-state index contributed by atoms with van der Waals surface area (Å²) in [4.78, 5) is 2.50. The second-order valence-corrected chi connectivity index (χ2v) is 6.83. The Kier molecular flexibility index (Phi) is 5.46. The van der Waals surface area contributed by atoms with Crippen LogP contribution in [0.25, 0.3) is 0 Å². The molecular formula is C17H31N3. The van der Waals surface area contributed by atoms with E-state index in [-0.39, 0.29) is 5.54 Å².